The summed E-state index contributed by atoms with van der Waals surface area (Å²) in [5.74, 6) is 5.11. The molecule has 0 bridgehead atoms. The quantitative estimate of drug-likeness (QED) is 0.420. The van der Waals surface area contributed by atoms with E-state index in [4.69, 9.17) is 5.84 Å². The van der Waals surface area contributed by atoms with Crippen LogP contribution in [0.2, 0.25) is 0 Å². The number of carbonyl (C=O) groups is 1. The van der Waals surface area contributed by atoms with Crippen LogP contribution in [-0.4, -0.2) is 26.9 Å². The summed E-state index contributed by atoms with van der Waals surface area (Å²) < 4.78 is 26.7. The molecular formula is C10H14N4O3S. The zero-order valence-corrected chi connectivity index (χ0v) is 10.3. The molecule has 1 heterocycles. The van der Waals surface area contributed by atoms with Gasteiger partial charge in [-0.25, -0.2) is 13.1 Å². The third kappa shape index (κ3) is 2.61. The fourth-order valence-corrected chi connectivity index (χ4v) is 3.20. The lowest BCUT2D eigenvalue weighted by atomic mass is 10.3. The third-order valence-electron chi connectivity index (χ3n) is 2.63. The van der Waals surface area contributed by atoms with Gasteiger partial charge in [0.15, 0.2) is 0 Å². The van der Waals surface area contributed by atoms with Crippen molar-refractivity contribution in [1.82, 2.24) is 10.0 Å². The van der Waals surface area contributed by atoms with Crippen LogP contribution in [0.15, 0.2) is 29.2 Å². The number of carbonyl (C=O) groups excluding carboxylic acids is 1. The molecule has 0 saturated carbocycles. The van der Waals surface area contributed by atoms with Crippen molar-refractivity contribution < 1.29 is 13.2 Å². The number of sulfonamides is 1. The number of rotatable bonds is 4. The van der Waals surface area contributed by atoms with Crippen molar-refractivity contribution in [3.63, 3.8) is 0 Å². The van der Waals surface area contributed by atoms with Crippen molar-refractivity contribution in [3.8, 4) is 0 Å². The van der Waals surface area contributed by atoms with E-state index < -0.39 is 16.1 Å². The molecule has 5 N–H and O–H groups in total. The summed E-state index contributed by atoms with van der Waals surface area (Å²) in [4.78, 5) is 11.1. The maximum absolute atomic E-state index is 12.1. The van der Waals surface area contributed by atoms with Crippen LogP contribution in [0.5, 0.6) is 0 Å². The number of amides is 1. The van der Waals surface area contributed by atoms with Crippen molar-refractivity contribution >= 4 is 21.6 Å². The second kappa shape index (κ2) is 4.92. The van der Waals surface area contributed by atoms with Crippen LogP contribution in [0.3, 0.4) is 0 Å². The smallest absolute Gasteiger partial charge is 0.242 e. The molecule has 1 atom stereocenters. The summed E-state index contributed by atoms with van der Waals surface area (Å²) in [5, 5.41) is 2.57. The van der Waals surface area contributed by atoms with Crippen LogP contribution in [0, 0.1) is 0 Å². The van der Waals surface area contributed by atoms with Gasteiger partial charge in [-0.3, -0.25) is 10.6 Å². The fourth-order valence-electron chi connectivity index (χ4n) is 1.79. The van der Waals surface area contributed by atoms with Gasteiger partial charge >= 0.3 is 0 Å². The first-order chi connectivity index (χ1) is 8.53. The Bertz CT molecular complexity index is 558. The molecule has 0 radical (unpaired) electrons. The molecule has 1 saturated heterocycles. The van der Waals surface area contributed by atoms with E-state index in [2.05, 4.69) is 15.5 Å². The van der Waals surface area contributed by atoms with Crippen LogP contribution in [0.1, 0.15) is 6.42 Å². The predicted molar refractivity (Wildman–Crippen MR) is 66.0 cm³/mol. The van der Waals surface area contributed by atoms with E-state index in [9.17, 15) is 13.2 Å². The Morgan fingerprint density at radius 1 is 1.33 bits per heavy atom. The van der Waals surface area contributed by atoms with Crippen molar-refractivity contribution in [2.24, 2.45) is 5.84 Å². The minimum Gasteiger partial charge on any atom is -0.354 e. The van der Waals surface area contributed by atoms with Crippen molar-refractivity contribution in [2.45, 2.75) is 17.4 Å². The van der Waals surface area contributed by atoms with E-state index in [-0.39, 0.29) is 17.2 Å². The summed E-state index contributed by atoms with van der Waals surface area (Å²) >= 11 is 0. The van der Waals surface area contributed by atoms with Crippen molar-refractivity contribution in [2.75, 3.05) is 12.0 Å². The van der Waals surface area contributed by atoms with Crippen LogP contribution in [-0.2, 0) is 14.8 Å². The molecule has 0 aliphatic carbocycles. The van der Waals surface area contributed by atoms with Gasteiger partial charge < -0.3 is 10.7 Å². The van der Waals surface area contributed by atoms with Gasteiger partial charge in [0.2, 0.25) is 15.9 Å². The molecule has 2 rings (SSSR count). The number of benzene rings is 1. The van der Waals surface area contributed by atoms with E-state index >= 15 is 0 Å². The molecule has 0 spiro atoms. The Morgan fingerprint density at radius 2 is 2.06 bits per heavy atom. The van der Waals surface area contributed by atoms with Crippen LogP contribution < -0.4 is 21.3 Å². The molecule has 1 aliphatic heterocycles. The predicted octanol–water partition coefficient (Wildman–Crippen LogP) is -0.861. The van der Waals surface area contributed by atoms with Gasteiger partial charge in [0.1, 0.15) is 4.90 Å². The van der Waals surface area contributed by atoms with Crippen molar-refractivity contribution in [1.29, 1.82) is 0 Å². The number of hydrogen-bond donors (Lipinski definition) is 4. The second-order valence-corrected chi connectivity index (χ2v) is 5.65. The summed E-state index contributed by atoms with van der Waals surface area (Å²) in [7, 11) is -3.69. The molecule has 1 aromatic rings. The second-order valence-electron chi connectivity index (χ2n) is 3.97. The molecule has 1 aliphatic rings. The van der Waals surface area contributed by atoms with Gasteiger partial charge in [-0.2, -0.15) is 0 Å². The zero-order chi connectivity index (χ0) is 13.2. The van der Waals surface area contributed by atoms with E-state index in [1.807, 2.05) is 0 Å². The van der Waals surface area contributed by atoms with Crippen molar-refractivity contribution in [3.05, 3.63) is 24.3 Å². The Balaban J connectivity index is 2.22. The van der Waals surface area contributed by atoms with Gasteiger partial charge in [-0.1, -0.05) is 12.1 Å². The molecule has 1 amide bonds. The lowest BCUT2D eigenvalue weighted by Crippen LogP contribution is -2.36. The highest BCUT2D eigenvalue weighted by Crippen LogP contribution is 2.20. The molecule has 18 heavy (non-hydrogen) atoms. The molecule has 8 heteroatoms. The molecule has 0 aromatic heterocycles. The van der Waals surface area contributed by atoms with Gasteiger partial charge in [0.05, 0.1) is 5.69 Å². The summed E-state index contributed by atoms with van der Waals surface area (Å²) in [5.41, 5.74) is 2.64. The first-order valence-electron chi connectivity index (χ1n) is 5.37. The number of anilines is 1. The summed E-state index contributed by atoms with van der Waals surface area (Å²) in [6.07, 6.45) is 0.150. The summed E-state index contributed by atoms with van der Waals surface area (Å²) in [6.45, 7) is 0.302. The van der Waals surface area contributed by atoms with E-state index in [0.717, 1.165) is 0 Å². The molecule has 7 nitrogen and oxygen atoms in total. The Labute approximate surface area is 105 Å². The van der Waals surface area contributed by atoms with Gasteiger partial charge in [0, 0.05) is 19.0 Å². The summed E-state index contributed by atoms with van der Waals surface area (Å²) in [6, 6.07) is 5.87. The third-order valence-corrected chi connectivity index (χ3v) is 4.21. The lowest BCUT2D eigenvalue weighted by Gasteiger charge is -2.13. The average Bonchev–Trinajstić information content (AvgIpc) is 2.74. The number of nitrogens with one attached hydrogen (secondary N) is 3. The van der Waals surface area contributed by atoms with Gasteiger partial charge in [-0.15, -0.1) is 0 Å². The molecule has 1 unspecified atom stereocenters. The minimum absolute atomic E-state index is 0.0619. The van der Waals surface area contributed by atoms with Gasteiger partial charge in [-0.05, 0) is 12.1 Å². The van der Waals surface area contributed by atoms with E-state index in [0.29, 0.717) is 12.2 Å². The Morgan fingerprint density at radius 3 is 2.67 bits per heavy atom. The first-order valence-corrected chi connectivity index (χ1v) is 6.86. The standard InChI is InChI=1S/C10H14N4O3S/c11-13-8-3-1-2-4-9(8)18(16,17)14-7-5-10(15)12-6-7/h1-4,7,13-14H,5-6,11H2,(H,12,15). The minimum atomic E-state index is -3.69. The zero-order valence-electron chi connectivity index (χ0n) is 9.51. The number of hydrogen-bond acceptors (Lipinski definition) is 5. The number of hydrazine groups is 1. The molecule has 98 valence electrons. The average molecular weight is 270 g/mol. The van der Waals surface area contributed by atoms with E-state index in [1.54, 1.807) is 18.2 Å². The number of nitrogens with two attached hydrogens (primary N) is 1. The lowest BCUT2D eigenvalue weighted by molar-refractivity contribution is -0.119. The monoisotopic (exact) mass is 270 g/mol. The Kier molecular flexibility index (Phi) is 3.50. The SMILES string of the molecule is NNc1ccccc1S(=O)(=O)NC1CNC(=O)C1. The molecular weight excluding hydrogens is 256 g/mol. The first kappa shape index (κ1) is 12.8. The normalized spacial score (nSPS) is 19.6. The highest BCUT2D eigenvalue weighted by molar-refractivity contribution is 7.89. The Hall–Kier alpha value is -1.64. The maximum Gasteiger partial charge on any atom is 0.242 e. The fraction of sp³-hybridized carbons (Fsp3) is 0.300. The van der Waals surface area contributed by atoms with Gasteiger partial charge in [0.25, 0.3) is 0 Å². The van der Waals surface area contributed by atoms with E-state index in [1.165, 1.54) is 6.07 Å². The molecule has 1 aromatic carbocycles. The molecule has 1 fully saturated rings. The highest BCUT2D eigenvalue weighted by Gasteiger charge is 2.27. The topological polar surface area (TPSA) is 113 Å². The largest absolute Gasteiger partial charge is 0.354 e. The van der Waals surface area contributed by atoms with Crippen LogP contribution in [0.4, 0.5) is 5.69 Å². The number of nitrogen functional groups attached to an aromatic ring is 1. The van der Waals surface area contributed by atoms with Crippen LogP contribution >= 0.6 is 0 Å². The maximum atomic E-state index is 12.1. The highest BCUT2D eigenvalue weighted by atomic mass is 32.2. The number of para-hydroxylation sites is 1. The van der Waals surface area contributed by atoms with Crippen LogP contribution in [0.25, 0.3) is 0 Å².